The van der Waals surface area contributed by atoms with Crippen molar-refractivity contribution in [2.24, 2.45) is 0 Å². The predicted octanol–water partition coefficient (Wildman–Crippen LogP) is 3.14. The lowest BCUT2D eigenvalue weighted by Gasteiger charge is -2.39. The first-order valence-electron chi connectivity index (χ1n) is 8.41. The Labute approximate surface area is 127 Å². The van der Waals surface area contributed by atoms with Crippen LogP contribution in [0.25, 0.3) is 0 Å². The van der Waals surface area contributed by atoms with Crippen molar-refractivity contribution in [1.82, 2.24) is 10.2 Å². The normalized spacial score (nSPS) is 22.5. The standard InChI is InChI=1S/C16H28N2O3/c1-2-18(13-9-5-3-6-10-13)15(21)17-16(14(19)20)11-7-4-8-12-16/h13H,2-12H2,1H3,(H,17,21)(H,19,20). The number of carboxylic acid groups (broad SMARTS) is 1. The number of carbonyl (C=O) groups excluding carboxylic acids is 1. The molecule has 120 valence electrons. The van der Waals surface area contributed by atoms with Gasteiger partial charge in [0.05, 0.1) is 0 Å². The van der Waals surface area contributed by atoms with Gasteiger partial charge in [-0.15, -0.1) is 0 Å². The summed E-state index contributed by atoms with van der Waals surface area (Å²) >= 11 is 0. The van der Waals surface area contributed by atoms with Crippen molar-refractivity contribution >= 4 is 12.0 Å². The van der Waals surface area contributed by atoms with Gasteiger partial charge < -0.3 is 15.3 Å². The minimum absolute atomic E-state index is 0.186. The third-order valence-electron chi connectivity index (χ3n) is 5.08. The summed E-state index contributed by atoms with van der Waals surface area (Å²) in [5, 5.41) is 12.4. The first-order valence-corrected chi connectivity index (χ1v) is 8.41. The van der Waals surface area contributed by atoms with Crippen LogP contribution < -0.4 is 5.32 Å². The number of rotatable bonds is 4. The summed E-state index contributed by atoms with van der Waals surface area (Å²) in [7, 11) is 0. The van der Waals surface area contributed by atoms with Gasteiger partial charge in [-0.25, -0.2) is 9.59 Å². The summed E-state index contributed by atoms with van der Waals surface area (Å²) in [6, 6.07) is 0.0897. The highest BCUT2D eigenvalue weighted by atomic mass is 16.4. The van der Waals surface area contributed by atoms with E-state index in [2.05, 4.69) is 5.32 Å². The molecule has 0 aromatic rings. The highest BCUT2D eigenvalue weighted by Crippen LogP contribution is 2.29. The van der Waals surface area contributed by atoms with Gasteiger partial charge in [-0.3, -0.25) is 0 Å². The van der Waals surface area contributed by atoms with Gasteiger partial charge in [-0.1, -0.05) is 38.5 Å². The van der Waals surface area contributed by atoms with Gasteiger partial charge >= 0.3 is 12.0 Å². The summed E-state index contributed by atoms with van der Waals surface area (Å²) in [6.45, 7) is 2.62. The zero-order chi connectivity index (χ0) is 15.3. The van der Waals surface area contributed by atoms with Crippen LogP contribution in [-0.4, -0.2) is 40.1 Å². The number of hydrogen-bond acceptors (Lipinski definition) is 2. The van der Waals surface area contributed by atoms with E-state index in [1.807, 2.05) is 11.8 Å². The molecule has 2 fully saturated rings. The zero-order valence-electron chi connectivity index (χ0n) is 13.1. The molecule has 0 radical (unpaired) electrons. The fraction of sp³-hybridized carbons (Fsp3) is 0.875. The molecule has 2 saturated carbocycles. The van der Waals surface area contributed by atoms with E-state index in [0.29, 0.717) is 19.4 Å². The van der Waals surface area contributed by atoms with Gasteiger partial charge in [0.15, 0.2) is 0 Å². The van der Waals surface area contributed by atoms with Crippen molar-refractivity contribution in [3.8, 4) is 0 Å². The van der Waals surface area contributed by atoms with E-state index in [9.17, 15) is 14.7 Å². The largest absolute Gasteiger partial charge is 0.480 e. The summed E-state index contributed by atoms with van der Waals surface area (Å²) < 4.78 is 0. The lowest BCUT2D eigenvalue weighted by atomic mass is 9.82. The van der Waals surface area contributed by atoms with Crippen LogP contribution >= 0.6 is 0 Å². The second-order valence-electron chi connectivity index (χ2n) is 6.46. The minimum Gasteiger partial charge on any atom is -0.480 e. The molecular formula is C16H28N2O3. The first kappa shape index (κ1) is 16.1. The molecular weight excluding hydrogens is 268 g/mol. The Hall–Kier alpha value is -1.26. The minimum atomic E-state index is -1.04. The molecule has 0 spiro atoms. The highest BCUT2D eigenvalue weighted by molar-refractivity contribution is 5.86. The van der Waals surface area contributed by atoms with Crippen molar-refractivity contribution in [3.05, 3.63) is 0 Å². The summed E-state index contributed by atoms with van der Waals surface area (Å²) in [4.78, 5) is 26.1. The van der Waals surface area contributed by atoms with E-state index in [-0.39, 0.29) is 12.1 Å². The topological polar surface area (TPSA) is 69.6 Å². The van der Waals surface area contributed by atoms with Gasteiger partial charge in [0.1, 0.15) is 5.54 Å². The quantitative estimate of drug-likeness (QED) is 0.837. The zero-order valence-corrected chi connectivity index (χ0v) is 13.1. The smallest absolute Gasteiger partial charge is 0.329 e. The van der Waals surface area contributed by atoms with Crippen LogP contribution in [0, 0.1) is 0 Å². The van der Waals surface area contributed by atoms with Crippen LogP contribution in [0.4, 0.5) is 4.79 Å². The van der Waals surface area contributed by atoms with Crippen molar-refractivity contribution in [1.29, 1.82) is 0 Å². The molecule has 2 rings (SSSR count). The first-order chi connectivity index (χ1) is 10.1. The van der Waals surface area contributed by atoms with Gasteiger partial charge in [0.25, 0.3) is 0 Å². The Balaban J connectivity index is 2.04. The van der Waals surface area contributed by atoms with Crippen LogP contribution in [0.1, 0.15) is 71.1 Å². The lowest BCUT2D eigenvalue weighted by molar-refractivity contribution is -0.146. The van der Waals surface area contributed by atoms with Gasteiger partial charge in [0.2, 0.25) is 0 Å². The number of urea groups is 1. The molecule has 2 aliphatic carbocycles. The third-order valence-corrected chi connectivity index (χ3v) is 5.08. The highest BCUT2D eigenvalue weighted by Gasteiger charge is 2.42. The molecule has 0 heterocycles. The molecule has 0 aliphatic heterocycles. The maximum absolute atomic E-state index is 12.6. The van der Waals surface area contributed by atoms with E-state index >= 15 is 0 Å². The third kappa shape index (κ3) is 3.69. The number of carboxylic acids is 1. The van der Waals surface area contributed by atoms with Crippen molar-refractivity contribution in [2.45, 2.75) is 82.7 Å². The average Bonchev–Trinajstić information content (AvgIpc) is 2.50. The summed E-state index contributed by atoms with van der Waals surface area (Å²) in [6.07, 6.45) is 9.58. The molecule has 2 amide bonds. The van der Waals surface area contributed by atoms with E-state index in [1.54, 1.807) is 0 Å². The molecule has 0 atom stereocenters. The molecule has 2 aliphatic rings. The summed E-state index contributed by atoms with van der Waals surface area (Å²) in [5.74, 6) is -0.879. The number of hydrogen-bond donors (Lipinski definition) is 2. The molecule has 0 aromatic carbocycles. The number of carbonyl (C=O) groups is 2. The molecule has 0 bridgehead atoms. The van der Waals surface area contributed by atoms with E-state index in [4.69, 9.17) is 0 Å². The van der Waals surface area contributed by atoms with Crippen molar-refractivity contribution < 1.29 is 14.7 Å². The SMILES string of the molecule is CCN(C(=O)NC1(C(=O)O)CCCCC1)C1CCCCC1. The number of nitrogens with one attached hydrogen (secondary N) is 1. The van der Waals surface area contributed by atoms with E-state index < -0.39 is 11.5 Å². The van der Waals surface area contributed by atoms with E-state index in [0.717, 1.165) is 32.1 Å². The fourth-order valence-electron chi connectivity index (χ4n) is 3.78. The van der Waals surface area contributed by atoms with Crippen molar-refractivity contribution in [2.75, 3.05) is 6.54 Å². The van der Waals surface area contributed by atoms with Crippen LogP contribution in [-0.2, 0) is 4.79 Å². The van der Waals surface area contributed by atoms with Gasteiger partial charge in [-0.2, -0.15) is 0 Å². The second-order valence-corrected chi connectivity index (χ2v) is 6.46. The van der Waals surface area contributed by atoms with Crippen LogP contribution in [0.3, 0.4) is 0 Å². The maximum atomic E-state index is 12.6. The molecule has 21 heavy (non-hydrogen) atoms. The lowest BCUT2D eigenvalue weighted by Crippen LogP contribution is -2.60. The Kier molecular flexibility index (Phi) is 5.48. The van der Waals surface area contributed by atoms with Crippen molar-refractivity contribution in [3.63, 3.8) is 0 Å². The number of amides is 2. The Morgan fingerprint density at radius 2 is 1.67 bits per heavy atom. The van der Waals surface area contributed by atoms with Crippen LogP contribution in [0.15, 0.2) is 0 Å². The van der Waals surface area contributed by atoms with Gasteiger partial charge in [0, 0.05) is 12.6 Å². The fourth-order valence-corrected chi connectivity index (χ4v) is 3.78. The Morgan fingerprint density at radius 3 is 2.19 bits per heavy atom. The molecule has 0 saturated heterocycles. The molecule has 5 nitrogen and oxygen atoms in total. The molecule has 2 N–H and O–H groups in total. The van der Waals surface area contributed by atoms with Gasteiger partial charge in [-0.05, 0) is 32.6 Å². The monoisotopic (exact) mass is 296 g/mol. The molecule has 0 unspecified atom stereocenters. The van der Waals surface area contributed by atoms with E-state index in [1.165, 1.54) is 19.3 Å². The molecule has 5 heteroatoms. The van der Waals surface area contributed by atoms with Crippen LogP contribution in [0.5, 0.6) is 0 Å². The Bertz CT molecular complexity index is 372. The number of aliphatic carboxylic acids is 1. The Morgan fingerprint density at radius 1 is 1.10 bits per heavy atom. The van der Waals surface area contributed by atoms with Crippen LogP contribution in [0.2, 0.25) is 0 Å². The maximum Gasteiger partial charge on any atom is 0.329 e. The molecule has 0 aromatic heterocycles. The predicted molar refractivity (Wildman–Crippen MR) is 81.2 cm³/mol. The summed E-state index contributed by atoms with van der Waals surface area (Å²) in [5.41, 5.74) is -1.04. The number of nitrogens with zero attached hydrogens (tertiary/aromatic N) is 1. The average molecular weight is 296 g/mol. The second kappa shape index (κ2) is 7.14.